The molecule has 3 rings (SSSR count). The molecule has 0 spiro atoms. The highest BCUT2D eigenvalue weighted by atomic mass is 19.4. The molecular weight excluding hydrogens is 309 g/mol. The van der Waals surface area contributed by atoms with Crippen LogP contribution in [0.2, 0.25) is 0 Å². The molecule has 0 bridgehead atoms. The number of phenolic OH excluding ortho intramolecular Hbond substituents is 1. The fraction of sp³-hybridized carbons (Fsp3) is 0.438. The average molecular weight is 326 g/mol. The highest BCUT2D eigenvalue weighted by molar-refractivity contribution is 5.71. The van der Waals surface area contributed by atoms with E-state index >= 15 is 0 Å². The second-order valence-electron chi connectivity index (χ2n) is 5.90. The summed E-state index contributed by atoms with van der Waals surface area (Å²) in [6.45, 7) is 4.63. The van der Waals surface area contributed by atoms with Crippen molar-refractivity contribution >= 4 is 0 Å². The number of aromatic nitrogens is 2. The molecule has 1 heterocycles. The summed E-state index contributed by atoms with van der Waals surface area (Å²) in [5, 5.41) is 14.3. The van der Waals surface area contributed by atoms with Crippen LogP contribution in [0, 0.1) is 19.8 Å². The van der Waals surface area contributed by atoms with Gasteiger partial charge in [-0.15, -0.1) is 13.2 Å². The molecule has 0 amide bonds. The zero-order valence-electron chi connectivity index (χ0n) is 12.8. The molecule has 124 valence electrons. The summed E-state index contributed by atoms with van der Waals surface area (Å²) in [7, 11) is 0. The largest absolute Gasteiger partial charge is 0.573 e. The van der Waals surface area contributed by atoms with E-state index in [9.17, 15) is 18.3 Å². The Labute approximate surface area is 131 Å². The van der Waals surface area contributed by atoms with Crippen LogP contribution in [0.3, 0.4) is 0 Å². The molecule has 1 aromatic carbocycles. The van der Waals surface area contributed by atoms with E-state index < -0.39 is 17.9 Å². The van der Waals surface area contributed by atoms with E-state index in [1.165, 1.54) is 25.0 Å². The van der Waals surface area contributed by atoms with Gasteiger partial charge in [-0.1, -0.05) is 6.07 Å². The van der Waals surface area contributed by atoms with Crippen molar-refractivity contribution in [2.45, 2.75) is 39.6 Å². The normalized spacial score (nSPS) is 15.0. The summed E-state index contributed by atoms with van der Waals surface area (Å²) in [4.78, 5) is 0. The van der Waals surface area contributed by atoms with E-state index in [1.807, 2.05) is 18.5 Å². The van der Waals surface area contributed by atoms with Gasteiger partial charge in [0.2, 0.25) is 0 Å². The van der Waals surface area contributed by atoms with E-state index in [0.717, 1.165) is 29.6 Å². The number of phenols is 1. The van der Waals surface area contributed by atoms with Gasteiger partial charge in [-0.25, -0.2) is 0 Å². The summed E-state index contributed by atoms with van der Waals surface area (Å²) >= 11 is 0. The molecule has 1 aromatic heterocycles. The number of alkyl halides is 3. The molecule has 0 atom stereocenters. The molecule has 2 aromatic rings. The maximum Gasteiger partial charge on any atom is 0.573 e. The number of nitrogens with zero attached hydrogens (tertiary/aromatic N) is 2. The molecule has 1 N–H and O–H groups in total. The molecule has 7 heteroatoms. The van der Waals surface area contributed by atoms with Gasteiger partial charge in [0.05, 0.1) is 5.69 Å². The van der Waals surface area contributed by atoms with E-state index in [-0.39, 0.29) is 0 Å². The van der Waals surface area contributed by atoms with Crippen molar-refractivity contribution in [1.29, 1.82) is 0 Å². The molecular formula is C16H17F3N2O2. The minimum atomic E-state index is -4.83. The predicted octanol–water partition coefficient (Wildman–Crippen LogP) is 4.18. The fourth-order valence-corrected chi connectivity index (χ4v) is 2.72. The Balaban J connectivity index is 1.92. The number of halogens is 3. The van der Waals surface area contributed by atoms with E-state index in [0.29, 0.717) is 11.5 Å². The van der Waals surface area contributed by atoms with Crippen molar-refractivity contribution < 1.29 is 23.0 Å². The molecule has 23 heavy (non-hydrogen) atoms. The number of benzene rings is 1. The molecule has 0 unspecified atom stereocenters. The monoisotopic (exact) mass is 326 g/mol. The first-order valence-corrected chi connectivity index (χ1v) is 7.38. The zero-order chi connectivity index (χ0) is 16.8. The van der Waals surface area contributed by atoms with Crippen molar-refractivity contribution in [3.8, 4) is 22.6 Å². The molecule has 4 nitrogen and oxygen atoms in total. The molecule has 0 aliphatic heterocycles. The Morgan fingerprint density at radius 2 is 2.00 bits per heavy atom. The highest BCUT2D eigenvalue weighted by Gasteiger charge is 2.32. The van der Waals surface area contributed by atoms with Gasteiger partial charge >= 0.3 is 6.36 Å². The Kier molecular flexibility index (Phi) is 3.74. The van der Waals surface area contributed by atoms with Crippen LogP contribution in [-0.4, -0.2) is 21.2 Å². The molecule has 0 saturated heterocycles. The third-order valence-corrected chi connectivity index (χ3v) is 3.98. The molecule has 1 saturated carbocycles. The highest BCUT2D eigenvalue weighted by Crippen LogP contribution is 2.38. The average Bonchev–Trinajstić information content (AvgIpc) is 3.19. The zero-order valence-corrected chi connectivity index (χ0v) is 12.8. The summed E-state index contributed by atoms with van der Waals surface area (Å²) in [6, 6.07) is 3.90. The van der Waals surface area contributed by atoms with Crippen molar-refractivity contribution in [1.82, 2.24) is 9.78 Å². The number of ether oxygens (including phenoxy) is 1. The van der Waals surface area contributed by atoms with E-state index in [1.54, 1.807) is 0 Å². The van der Waals surface area contributed by atoms with Crippen molar-refractivity contribution in [2.24, 2.45) is 5.92 Å². The second-order valence-corrected chi connectivity index (χ2v) is 5.90. The minimum absolute atomic E-state index is 0.548. The Morgan fingerprint density at radius 1 is 1.30 bits per heavy atom. The molecule has 1 aliphatic rings. The summed E-state index contributed by atoms with van der Waals surface area (Å²) in [5.41, 5.74) is 3.18. The van der Waals surface area contributed by atoms with Crippen LogP contribution < -0.4 is 4.74 Å². The minimum Gasteiger partial charge on any atom is -0.504 e. The standard InChI is InChI=1S/C16H17F3N2O2/c1-9-15(10(2)21(20-9)8-11-3-4-11)12-5-6-14(13(22)7-12)23-16(17,18)19/h5-7,11,22H,3-4,8H2,1-2H3. The van der Waals surface area contributed by atoms with Crippen molar-refractivity contribution in [3.63, 3.8) is 0 Å². The van der Waals surface area contributed by atoms with Crippen molar-refractivity contribution in [3.05, 3.63) is 29.6 Å². The van der Waals surface area contributed by atoms with E-state index in [2.05, 4.69) is 9.84 Å². The molecule has 1 aliphatic carbocycles. The lowest BCUT2D eigenvalue weighted by molar-refractivity contribution is -0.275. The summed E-state index contributed by atoms with van der Waals surface area (Å²) < 4.78 is 42.5. The lowest BCUT2D eigenvalue weighted by Crippen LogP contribution is -2.17. The quantitative estimate of drug-likeness (QED) is 0.917. The fourth-order valence-electron chi connectivity index (χ4n) is 2.72. The summed E-state index contributed by atoms with van der Waals surface area (Å²) in [5.74, 6) is -0.493. The van der Waals surface area contributed by atoms with Gasteiger partial charge in [0.1, 0.15) is 0 Å². The predicted molar refractivity (Wildman–Crippen MR) is 78.2 cm³/mol. The second kappa shape index (κ2) is 5.47. The number of hydrogen-bond acceptors (Lipinski definition) is 3. The maximum atomic E-state index is 12.3. The smallest absolute Gasteiger partial charge is 0.504 e. The van der Waals surface area contributed by atoms with E-state index in [4.69, 9.17) is 0 Å². The number of rotatable bonds is 4. The van der Waals surface area contributed by atoms with Gasteiger partial charge in [-0.05, 0) is 50.3 Å². The first kappa shape index (κ1) is 15.7. The Morgan fingerprint density at radius 3 is 2.57 bits per heavy atom. The van der Waals surface area contributed by atoms with Gasteiger partial charge in [0, 0.05) is 17.8 Å². The topological polar surface area (TPSA) is 47.3 Å². The van der Waals surface area contributed by atoms with Crippen LogP contribution >= 0.6 is 0 Å². The number of hydrogen-bond donors (Lipinski definition) is 1. The third-order valence-electron chi connectivity index (χ3n) is 3.98. The van der Waals surface area contributed by atoms with Gasteiger partial charge in [-0.2, -0.15) is 5.10 Å². The number of aryl methyl sites for hydroxylation is 1. The SMILES string of the molecule is Cc1nn(CC2CC2)c(C)c1-c1ccc(OC(F)(F)F)c(O)c1. The van der Waals surface area contributed by atoms with Crippen LogP contribution in [-0.2, 0) is 6.54 Å². The first-order valence-electron chi connectivity index (χ1n) is 7.38. The third kappa shape index (κ3) is 3.43. The molecule has 1 fully saturated rings. The van der Waals surface area contributed by atoms with Gasteiger partial charge < -0.3 is 9.84 Å². The lowest BCUT2D eigenvalue weighted by Gasteiger charge is -2.11. The lowest BCUT2D eigenvalue weighted by atomic mass is 10.0. The van der Waals surface area contributed by atoms with Gasteiger partial charge in [0.15, 0.2) is 11.5 Å². The van der Waals surface area contributed by atoms with Crippen molar-refractivity contribution in [2.75, 3.05) is 0 Å². The maximum absolute atomic E-state index is 12.3. The van der Waals surface area contributed by atoms with Crippen LogP contribution in [0.15, 0.2) is 18.2 Å². The van der Waals surface area contributed by atoms with Gasteiger partial charge in [0.25, 0.3) is 0 Å². The first-order chi connectivity index (χ1) is 10.7. The molecule has 0 radical (unpaired) electrons. The Hall–Kier alpha value is -2.18. The van der Waals surface area contributed by atoms with Crippen LogP contribution in [0.4, 0.5) is 13.2 Å². The summed E-state index contributed by atoms with van der Waals surface area (Å²) in [6.07, 6.45) is -2.42. The van der Waals surface area contributed by atoms with Crippen LogP contribution in [0.1, 0.15) is 24.2 Å². The Bertz CT molecular complexity index is 734. The number of aromatic hydroxyl groups is 1. The van der Waals surface area contributed by atoms with Gasteiger partial charge in [-0.3, -0.25) is 4.68 Å². The van der Waals surface area contributed by atoms with Crippen LogP contribution in [0.25, 0.3) is 11.1 Å². The van der Waals surface area contributed by atoms with Crippen LogP contribution in [0.5, 0.6) is 11.5 Å².